The van der Waals surface area contributed by atoms with Crippen molar-refractivity contribution in [2.75, 3.05) is 26.7 Å². The predicted molar refractivity (Wildman–Crippen MR) is 91.5 cm³/mol. The first-order chi connectivity index (χ1) is 11.5. The summed E-state index contributed by atoms with van der Waals surface area (Å²) in [4.78, 5) is 31.7. The number of rotatable bonds is 4. The van der Waals surface area contributed by atoms with Gasteiger partial charge in [-0.1, -0.05) is 12.1 Å². The molecule has 1 aliphatic carbocycles. The third kappa shape index (κ3) is 3.84. The van der Waals surface area contributed by atoms with Crippen LogP contribution in [0.1, 0.15) is 28.8 Å². The van der Waals surface area contributed by atoms with E-state index in [1.165, 1.54) is 12.8 Å². The highest BCUT2D eigenvalue weighted by molar-refractivity contribution is 5.97. The van der Waals surface area contributed by atoms with Crippen LogP contribution in [0, 0.1) is 0 Å². The molecule has 1 aromatic carbocycles. The van der Waals surface area contributed by atoms with E-state index in [4.69, 9.17) is 5.73 Å². The van der Waals surface area contributed by atoms with E-state index in [9.17, 15) is 9.59 Å². The number of guanidine groups is 1. The molecule has 2 aliphatic rings. The zero-order valence-electron chi connectivity index (χ0n) is 13.9. The molecule has 0 atom stereocenters. The van der Waals surface area contributed by atoms with E-state index < -0.39 is 0 Å². The number of carbonyl (C=O) groups is 2. The maximum atomic E-state index is 12.4. The van der Waals surface area contributed by atoms with Crippen molar-refractivity contribution in [3.8, 4) is 0 Å². The van der Waals surface area contributed by atoms with Crippen molar-refractivity contribution in [1.29, 1.82) is 0 Å². The smallest absolute Gasteiger partial charge is 0.254 e. The van der Waals surface area contributed by atoms with Crippen LogP contribution in [0.2, 0.25) is 0 Å². The second-order valence-electron chi connectivity index (χ2n) is 6.29. The Balaban J connectivity index is 1.59. The lowest BCUT2D eigenvalue weighted by Gasteiger charge is -2.26. The molecule has 3 rings (SSSR count). The molecule has 0 spiro atoms. The summed E-state index contributed by atoms with van der Waals surface area (Å²) in [7, 11) is 1.97. The minimum absolute atomic E-state index is 0.115. The molecular weight excluding hydrogens is 306 g/mol. The molecule has 1 saturated carbocycles. The van der Waals surface area contributed by atoms with E-state index in [0.29, 0.717) is 37.2 Å². The zero-order valence-corrected chi connectivity index (χ0v) is 13.9. The van der Waals surface area contributed by atoms with E-state index >= 15 is 0 Å². The second kappa shape index (κ2) is 6.90. The van der Waals surface area contributed by atoms with Crippen molar-refractivity contribution >= 4 is 17.8 Å². The quantitative estimate of drug-likeness (QED) is 0.608. The Morgan fingerprint density at radius 3 is 2.71 bits per heavy atom. The molecule has 1 heterocycles. The van der Waals surface area contributed by atoms with Gasteiger partial charge in [-0.25, -0.2) is 4.99 Å². The minimum atomic E-state index is -0.118. The van der Waals surface area contributed by atoms with Crippen LogP contribution in [-0.4, -0.2) is 60.3 Å². The van der Waals surface area contributed by atoms with Gasteiger partial charge in [-0.3, -0.25) is 9.59 Å². The Labute approximate surface area is 141 Å². The van der Waals surface area contributed by atoms with Crippen molar-refractivity contribution < 1.29 is 9.59 Å². The first-order valence-electron chi connectivity index (χ1n) is 8.22. The number of amides is 2. The van der Waals surface area contributed by atoms with E-state index in [2.05, 4.69) is 10.3 Å². The Morgan fingerprint density at radius 2 is 2.08 bits per heavy atom. The molecule has 128 valence electrons. The molecule has 0 aromatic heterocycles. The van der Waals surface area contributed by atoms with Gasteiger partial charge in [0.15, 0.2) is 5.96 Å². The summed E-state index contributed by atoms with van der Waals surface area (Å²) in [5.74, 6) is 0.320. The lowest BCUT2D eigenvalue weighted by Crippen LogP contribution is -2.49. The highest BCUT2D eigenvalue weighted by atomic mass is 16.2. The number of hydrogen-bond donors (Lipinski definition) is 2. The van der Waals surface area contributed by atoms with Gasteiger partial charge in [0.2, 0.25) is 5.91 Å². The summed E-state index contributed by atoms with van der Waals surface area (Å²) in [5, 5.41) is 2.71. The number of piperazine rings is 1. The van der Waals surface area contributed by atoms with Crippen LogP contribution in [-0.2, 0) is 11.3 Å². The third-order valence-electron chi connectivity index (χ3n) is 4.41. The summed E-state index contributed by atoms with van der Waals surface area (Å²) in [6.07, 6.45) is 2.36. The topological polar surface area (TPSA) is 91.0 Å². The molecule has 3 N–H and O–H groups in total. The van der Waals surface area contributed by atoms with Crippen LogP contribution in [0.25, 0.3) is 0 Å². The SMILES string of the molecule is CN(C(N)=NCc1ccc(C(=O)N2CCNC(=O)C2)cc1)C1CC1. The van der Waals surface area contributed by atoms with Crippen molar-refractivity contribution in [3.63, 3.8) is 0 Å². The van der Waals surface area contributed by atoms with E-state index in [1.807, 2.05) is 24.1 Å². The number of carbonyl (C=O) groups excluding carboxylic acids is 2. The number of nitrogens with zero attached hydrogens (tertiary/aromatic N) is 3. The number of aliphatic imine (C=N–C) groups is 1. The molecular formula is C17H23N5O2. The Hall–Kier alpha value is -2.57. The molecule has 7 nitrogen and oxygen atoms in total. The molecule has 0 bridgehead atoms. The lowest BCUT2D eigenvalue weighted by atomic mass is 10.1. The fourth-order valence-electron chi connectivity index (χ4n) is 2.68. The van der Waals surface area contributed by atoms with Crippen molar-refractivity contribution in [3.05, 3.63) is 35.4 Å². The number of benzene rings is 1. The fourth-order valence-corrected chi connectivity index (χ4v) is 2.68. The van der Waals surface area contributed by atoms with Gasteiger partial charge in [0.25, 0.3) is 5.91 Å². The Bertz CT molecular complexity index is 651. The van der Waals surface area contributed by atoms with Gasteiger partial charge in [-0.05, 0) is 30.5 Å². The van der Waals surface area contributed by atoms with Gasteiger partial charge in [0.1, 0.15) is 0 Å². The van der Waals surface area contributed by atoms with Crippen LogP contribution >= 0.6 is 0 Å². The van der Waals surface area contributed by atoms with Crippen LogP contribution in [0.3, 0.4) is 0 Å². The standard InChI is InChI=1S/C17H23N5O2/c1-21(14-6-7-14)17(18)20-10-12-2-4-13(5-3-12)16(24)22-9-8-19-15(23)11-22/h2-5,14H,6-11H2,1H3,(H2,18,20)(H,19,23). The van der Waals surface area contributed by atoms with Gasteiger partial charge in [-0.15, -0.1) is 0 Å². The summed E-state index contributed by atoms with van der Waals surface area (Å²) in [5.41, 5.74) is 7.55. The average molecular weight is 329 g/mol. The molecule has 0 radical (unpaired) electrons. The summed E-state index contributed by atoms with van der Waals surface area (Å²) in [6, 6.07) is 7.85. The van der Waals surface area contributed by atoms with Gasteiger partial charge in [0.05, 0.1) is 13.1 Å². The van der Waals surface area contributed by atoms with Crippen LogP contribution in [0.15, 0.2) is 29.3 Å². The molecule has 1 aliphatic heterocycles. The maximum absolute atomic E-state index is 12.4. The lowest BCUT2D eigenvalue weighted by molar-refractivity contribution is -0.123. The van der Waals surface area contributed by atoms with Gasteiger partial charge < -0.3 is 20.9 Å². The van der Waals surface area contributed by atoms with Crippen molar-refractivity contribution in [2.24, 2.45) is 10.7 Å². The van der Waals surface area contributed by atoms with Gasteiger partial charge >= 0.3 is 0 Å². The first kappa shape index (κ1) is 16.3. The van der Waals surface area contributed by atoms with Crippen LogP contribution in [0.4, 0.5) is 0 Å². The van der Waals surface area contributed by atoms with Crippen molar-refractivity contribution in [1.82, 2.24) is 15.1 Å². The number of hydrogen-bond acceptors (Lipinski definition) is 3. The van der Waals surface area contributed by atoms with Gasteiger partial charge in [0, 0.05) is 31.7 Å². The fraction of sp³-hybridized carbons (Fsp3) is 0.471. The normalized spacial score (nSPS) is 18.3. The maximum Gasteiger partial charge on any atom is 0.254 e. The van der Waals surface area contributed by atoms with Crippen LogP contribution < -0.4 is 11.1 Å². The van der Waals surface area contributed by atoms with E-state index in [0.717, 1.165) is 5.56 Å². The summed E-state index contributed by atoms with van der Waals surface area (Å²) < 4.78 is 0. The third-order valence-corrected chi connectivity index (χ3v) is 4.41. The first-order valence-corrected chi connectivity index (χ1v) is 8.22. The number of nitrogens with one attached hydrogen (secondary N) is 1. The Kier molecular flexibility index (Phi) is 4.69. The number of nitrogens with two attached hydrogens (primary N) is 1. The van der Waals surface area contributed by atoms with E-state index in [-0.39, 0.29) is 18.4 Å². The Morgan fingerprint density at radius 1 is 1.38 bits per heavy atom. The predicted octanol–water partition coefficient (Wildman–Crippen LogP) is 0.168. The van der Waals surface area contributed by atoms with E-state index in [1.54, 1.807) is 17.0 Å². The molecule has 2 fully saturated rings. The monoisotopic (exact) mass is 329 g/mol. The average Bonchev–Trinajstić information content (AvgIpc) is 3.44. The minimum Gasteiger partial charge on any atom is -0.370 e. The molecule has 24 heavy (non-hydrogen) atoms. The zero-order chi connectivity index (χ0) is 17.1. The molecule has 0 unspecified atom stereocenters. The second-order valence-corrected chi connectivity index (χ2v) is 6.29. The summed E-state index contributed by atoms with van der Waals surface area (Å²) in [6.45, 7) is 1.66. The highest BCUT2D eigenvalue weighted by Crippen LogP contribution is 2.24. The molecule has 1 aromatic rings. The molecule has 7 heteroatoms. The summed E-state index contributed by atoms with van der Waals surface area (Å²) >= 11 is 0. The molecule has 2 amide bonds. The molecule has 1 saturated heterocycles. The largest absolute Gasteiger partial charge is 0.370 e. The van der Waals surface area contributed by atoms with Gasteiger partial charge in [-0.2, -0.15) is 0 Å². The van der Waals surface area contributed by atoms with Crippen molar-refractivity contribution in [2.45, 2.75) is 25.4 Å². The highest BCUT2D eigenvalue weighted by Gasteiger charge is 2.27. The van der Waals surface area contributed by atoms with Crippen LogP contribution in [0.5, 0.6) is 0 Å².